The topological polar surface area (TPSA) is 63.6 Å². The van der Waals surface area contributed by atoms with Gasteiger partial charge in [-0.15, -0.1) is 11.3 Å². The molecule has 3 aromatic rings. The Morgan fingerprint density at radius 3 is 2.86 bits per heavy atom. The summed E-state index contributed by atoms with van der Waals surface area (Å²) in [6, 6.07) is 5.66. The Kier molecular flexibility index (Phi) is 3.53. The van der Waals surface area contributed by atoms with E-state index in [9.17, 15) is 4.79 Å². The summed E-state index contributed by atoms with van der Waals surface area (Å²) in [7, 11) is 0. The van der Waals surface area contributed by atoms with Crippen molar-refractivity contribution >= 4 is 23.5 Å². The first-order valence-electron chi connectivity index (χ1n) is 6.48. The first kappa shape index (κ1) is 13.5. The Morgan fingerprint density at radius 2 is 2.14 bits per heavy atom. The van der Waals surface area contributed by atoms with Gasteiger partial charge in [0.25, 0.3) is 5.56 Å². The van der Waals surface area contributed by atoms with E-state index in [4.69, 9.17) is 0 Å². The molecule has 106 valence electrons. The van der Waals surface area contributed by atoms with Crippen molar-refractivity contribution in [3.8, 4) is 5.00 Å². The number of imidazole rings is 1. The molecule has 3 aromatic heterocycles. The number of hydrogen-bond donors (Lipinski definition) is 1. The van der Waals surface area contributed by atoms with Crippen molar-refractivity contribution in [3.63, 3.8) is 0 Å². The van der Waals surface area contributed by atoms with Gasteiger partial charge in [-0.25, -0.2) is 10.1 Å². The van der Waals surface area contributed by atoms with Gasteiger partial charge in [-0.05, 0) is 43.7 Å². The normalized spacial score (nSPS) is 11.3. The van der Waals surface area contributed by atoms with Gasteiger partial charge in [0.15, 0.2) is 0 Å². The van der Waals surface area contributed by atoms with Crippen LogP contribution in [0.15, 0.2) is 35.4 Å². The lowest BCUT2D eigenvalue weighted by atomic mass is 10.2. The van der Waals surface area contributed by atoms with Crippen LogP contribution in [0.4, 0.5) is 0 Å². The van der Waals surface area contributed by atoms with Gasteiger partial charge < -0.3 is 0 Å². The molecule has 0 saturated carbocycles. The molecule has 0 aliphatic carbocycles. The van der Waals surface area contributed by atoms with Crippen LogP contribution in [-0.2, 0) is 0 Å². The minimum absolute atomic E-state index is 0.182. The van der Waals surface area contributed by atoms with Gasteiger partial charge in [-0.3, -0.25) is 9.36 Å². The second kappa shape index (κ2) is 5.49. The van der Waals surface area contributed by atoms with E-state index in [-0.39, 0.29) is 5.56 Å². The highest BCUT2D eigenvalue weighted by Gasteiger charge is 2.03. The van der Waals surface area contributed by atoms with Crippen LogP contribution in [0.3, 0.4) is 0 Å². The summed E-state index contributed by atoms with van der Waals surface area (Å²) >= 11 is 1.67. The first-order valence-corrected chi connectivity index (χ1v) is 7.30. The van der Waals surface area contributed by atoms with Crippen molar-refractivity contribution in [2.75, 3.05) is 0 Å². The van der Waals surface area contributed by atoms with Crippen molar-refractivity contribution in [2.24, 2.45) is 0 Å². The highest BCUT2D eigenvalue weighted by molar-refractivity contribution is 7.15. The molecule has 0 spiro atoms. The van der Waals surface area contributed by atoms with Crippen LogP contribution in [0.1, 0.15) is 22.0 Å². The fraction of sp³-hybridized carbons (Fsp3) is 0.133. The Balaban J connectivity index is 1.86. The number of nitrogens with one attached hydrogen (secondary N) is 1. The maximum Gasteiger partial charge on any atom is 0.264 e. The van der Waals surface area contributed by atoms with Crippen molar-refractivity contribution in [1.29, 1.82) is 0 Å². The number of hydrogen-bond acceptors (Lipinski definition) is 4. The largest absolute Gasteiger partial charge is 0.295 e. The Morgan fingerprint density at radius 1 is 1.29 bits per heavy atom. The second-order valence-electron chi connectivity index (χ2n) is 4.65. The summed E-state index contributed by atoms with van der Waals surface area (Å²) in [5.74, 6) is 0.963. The quantitative estimate of drug-likeness (QED) is 0.808. The molecular weight excluding hydrogens is 284 g/mol. The summed E-state index contributed by atoms with van der Waals surface area (Å²) in [5, 5.41) is 7.60. The minimum atomic E-state index is -0.182. The summed E-state index contributed by atoms with van der Waals surface area (Å²) in [5.41, 5.74) is 1.44. The molecule has 0 aromatic carbocycles. The monoisotopic (exact) mass is 298 g/mol. The van der Waals surface area contributed by atoms with Crippen LogP contribution < -0.4 is 5.56 Å². The lowest BCUT2D eigenvalue weighted by molar-refractivity contribution is 0.961. The van der Waals surface area contributed by atoms with E-state index in [1.807, 2.05) is 36.8 Å². The predicted octanol–water partition coefficient (Wildman–Crippen LogP) is 2.80. The van der Waals surface area contributed by atoms with Crippen molar-refractivity contribution in [2.45, 2.75) is 13.8 Å². The molecule has 0 aliphatic rings. The average Bonchev–Trinajstić information content (AvgIpc) is 3.06. The van der Waals surface area contributed by atoms with E-state index in [2.05, 4.69) is 27.3 Å². The fourth-order valence-corrected chi connectivity index (χ4v) is 2.95. The van der Waals surface area contributed by atoms with Crippen LogP contribution in [0.5, 0.6) is 0 Å². The molecule has 3 heterocycles. The third-order valence-corrected chi connectivity index (χ3v) is 4.17. The van der Waals surface area contributed by atoms with E-state index in [0.717, 1.165) is 27.0 Å². The predicted molar refractivity (Wildman–Crippen MR) is 84.7 cm³/mol. The van der Waals surface area contributed by atoms with E-state index >= 15 is 0 Å². The van der Waals surface area contributed by atoms with Crippen molar-refractivity contribution in [1.82, 2.24) is 19.7 Å². The lowest BCUT2D eigenvalue weighted by Crippen LogP contribution is -2.08. The van der Waals surface area contributed by atoms with E-state index in [1.54, 1.807) is 23.6 Å². The average molecular weight is 298 g/mol. The van der Waals surface area contributed by atoms with Gasteiger partial charge in [-0.1, -0.05) is 0 Å². The molecular formula is C15H14N4OS. The van der Waals surface area contributed by atoms with Gasteiger partial charge in [0.05, 0.1) is 5.69 Å². The zero-order valence-electron chi connectivity index (χ0n) is 11.7. The van der Waals surface area contributed by atoms with Gasteiger partial charge in [0.2, 0.25) is 0 Å². The molecule has 5 nitrogen and oxygen atoms in total. The zero-order valence-corrected chi connectivity index (χ0v) is 12.5. The molecule has 0 aliphatic heterocycles. The molecule has 6 heteroatoms. The van der Waals surface area contributed by atoms with Crippen LogP contribution in [0.25, 0.3) is 17.2 Å². The van der Waals surface area contributed by atoms with E-state index in [1.165, 1.54) is 0 Å². The van der Waals surface area contributed by atoms with E-state index in [0.29, 0.717) is 0 Å². The molecule has 0 atom stereocenters. The zero-order chi connectivity index (χ0) is 14.8. The number of thiophene rings is 1. The van der Waals surface area contributed by atoms with Crippen LogP contribution in [-0.4, -0.2) is 19.7 Å². The summed E-state index contributed by atoms with van der Waals surface area (Å²) in [6.07, 6.45) is 7.64. The molecule has 0 radical (unpaired) electrons. The summed E-state index contributed by atoms with van der Waals surface area (Å²) < 4.78 is 2.05. The molecule has 0 unspecified atom stereocenters. The van der Waals surface area contributed by atoms with Crippen LogP contribution >= 0.6 is 11.3 Å². The molecule has 3 rings (SSSR count). The number of aromatic amines is 1. The molecule has 0 fully saturated rings. The Bertz CT molecular complexity index is 856. The smallest absolute Gasteiger partial charge is 0.264 e. The van der Waals surface area contributed by atoms with Crippen molar-refractivity contribution in [3.05, 3.63) is 62.9 Å². The molecule has 0 bridgehead atoms. The van der Waals surface area contributed by atoms with Gasteiger partial charge in [0.1, 0.15) is 10.8 Å². The van der Waals surface area contributed by atoms with Gasteiger partial charge in [0, 0.05) is 23.3 Å². The number of aryl methyl sites for hydroxylation is 2. The SMILES string of the molecule is Cc1cc(=O)[nH]nc1/C=C/c1ccc(-n2ccnc2C)s1. The highest BCUT2D eigenvalue weighted by atomic mass is 32.1. The Hall–Kier alpha value is -2.47. The standard InChI is InChI=1S/C15H14N4OS/c1-10-9-14(20)18-17-13(10)5-3-12-4-6-15(21-12)19-8-7-16-11(19)2/h3-9H,1-2H3,(H,18,20)/b5-3+. The van der Waals surface area contributed by atoms with E-state index < -0.39 is 0 Å². The third kappa shape index (κ3) is 2.85. The second-order valence-corrected chi connectivity index (χ2v) is 5.75. The fourth-order valence-electron chi connectivity index (χ4n) is 2.01. The molecule has 0 amide bonds. The minimum Gasteiger partial charge on any atom is -0.295 e. The molecule has 21 heavy (non-hydrogen) atoms. The maximum absolute atomic E-state index is 11.1. The molecule has 0 saturated heterocycles. The third-order valence-electron chi connectivity index (χ3n) is 3.12. The maximum atomic E-state index is 11.1. The molecule has 1 N–H and O–H groups in total. The number of aromatic nitrogens is 4. The first-order chi connectivity index (χ1) is 10.1. The van der Waals surface area contributed by atoms with Gasteiger partial charge in [-0.2, -0.15) is 5.10 Å². The number of rotatable bonds is 3. The number of H-pyrrole nitrogens is 1. The van der Waals surface area contributed by atoms with Crippen molar-refractivity contribution < 1.29 is 0 Å². The number of nitrogens with zero attached hydrogens (tertiary/aromatic N) is 3. The summed E-state index contributed by atoms with van der Waals surface area (Å²) in [4.78, 5) is 16.5. The van der Waals surface area contributed by atoms with Crippen LogP contribution in [0, 0.1) is 13.8 Å². The van der Waals surface area contributed by atoms with Crippen LogP contribution in [0.2, 0.25) is 0 Å². The Labute approximate surface area is 125 Å². The lowest BCUT2D eigenvalue weighted by Gasteiger charge is -1.99. The highest BCUT2D eigenvalue weighted by Crippen LogP contribution is 2.23. The summed E-state index contributed by atoms with van der Waals surface area (Å²) in [6.45, 7) is 3.85. The van der Waals surface area contributed by atoms with Gasteiger partial charge >= 0.3 is 0 Å².